The van der Waals surface area contributed by atoms with Crippen molar-refractivity contribution in [2.24, 2.45) is 5.92 Å². The number of aliphatic hydroxyl groups excluding tert-OH is 1. The molecule has 0 aliphatic carbocycles. The van der Waals surface area contributed by atoms with E-state index in [0.717, 1.165) is 16.3 Å². The Hall–Kier alpha value is -3.27. The first-order valence-electron chi connectivity index (χ1n) is 12.1. The van der Waals surface area contributed by atoms with Crippen LogP contribution in [0.2, 0.25) is 5.02 Å². The highest BCUT2D eigenvalue weighted by Gasteiger charge is 2.25. The molecule has 0 spiro atoms. The molecule has 2 N–H and O–H groups in total. The van der Waals surface area contributed by atoms with Crippen LogP contribution >= 0.6 is 22.9 Å². The largest absolute Gasteiger partial charge is 0.455 e. The van der Waals surface area contributed by atoms with Crippen molar-refractivity contribution in [3.05, 3.63) is 75.6 Å². The quantitative estimate of drug-likeness (QED) is 0.269. The Balaban J connectivity index is 1.53. The van der Waals surface area contributed by atoms with Crippen LogP contribution in [0.3, 0.4) is 0 Å². The second-order valence-corrected chi connectivity index (χ2v) is 10.3. The number of fused-ring (bicyclic) bond motifs is 1. The lowest BCUT2D eigenvalue weighted by Gasteiger charge is -2.17. The number of rotatable bonds is 10. The number of hydrogen-bond acceptors (Lipinski definition) is 7. The molecule has 0 aliphatic heterocycles. The Morgan fingerprint density at radius 2 is 2.03 bits per heavy atom. The van der Waals surface area contributed by atoms with Crippen molar-refractivity contribution < 1.29 is 19.4 Å². The number of amides is 1. The van der Waals surface area contributed by atoms with Crippen molar-refractivity contribution in [2.75, 3.05) is 6.61 Å². The van der Waals surface area contributed by atoms with Crippen molar-refractivity contribution in [3.63, 3.8) is 0 Å². The van der Waals surface area contributed by atoms with Gasteiger partial charge in [-0.1, -0.05) is 44.5 Å². The number of ether oxygens (including phenoxy) is 1. The van der Waals surface area contributed by atoms with Gasteiger partial charge in [0.2, 0.25) is 0 Å². The normalized spacial score (nSPS) is 12.2. The Kier molecular flexibility index (Phi) is 8.58. The number of esters is 1. The molecule has 8 nitrogen and oxygen atoms in total. The maximum absolute atomic E-state index is 13.1. The number of halogens is 1. The first-order valence-corrected chi connectivity index (χ1v) is 13.4. The molecular formula is C27H29ClN4O4S. The minimum absolute atomic E-state index is 0.237. The van der Waals surface area contributed by atoms with Crippen molar-refractivity contribution in [1.29, 1.82) is 0 Å². The molecule has 3 heterocycles. The summed E-state index contributed by atoms with van der Waals surface area (Å²) in [5.74, 6) is -0.645. The monoisotopic (exact) mass is 540 g/mol. The van der Waals surface area contributed by atoms with Crippen LogP contribution in [0.15, 0.2) is 48.0 Å². The van der Waals surface area contributed by atoms with Gasteiger partial charge in [-0.2, -0.15) is 0 Å². The van der Waals surface area contributed by atoms with E-state index in [0.29, 0.717) is 34.8 Å². The number of thiazole rings is 1. The number of carbonyl (C=O) groups is 2. The smallest absolute Gasteiger partial charge is 0.357 e. The van der Waals surface area contributed by atoms with E-state index in [9.17, 15) is 14.7 Å². The molecule has 4 rings (SSSR count). The van der Waals surface area contributed by atoms with Crippen LogP contribution in [0.1, 0.15) is 59.4 Å². The van der Waals surface area contributed by atoms with Crippen LogP contribution in [-0.4, -0.2) is 44.1 Å². The van der Waals surface area contributed by atoms with Gasteiger partial charge < -0.3 is 15.2 Å². The lowest BCUT2D eigenvalue weighted by atomic mass is 10.1. The van der Waals surface area contributed by atoms with E-state index in [4.69, 9.17) is 16.3 Å². The second-order valence-electron chi connectivity index (χ2n) is 9.05. The summed E-state index contributed by atoms with van der Waals surface area (Å²) in [4.78, 5) is 35.4. The molecule has 4 aromatic rings. The maximum atomic E-state index is 13.1. The average Bonchev–Trinajstić information content (AvgIpc) is 3.51. The van der Waals surface area contributed by atoms with Crippen LogP contribution in [0.4, 0.5) is 0 Å². The van der Waals surface area contributed by atoms with E-state index in [1.807, 2.05) is 50.4 Å². The minimum atomic E-state index is -0.607. The van der Waals surface area contributed by atoms with Crippen molar-refractivity contribution in [1.82, 2.24) is 19.7 Å². The molecule has 10 heteroatoms. The third-order valence-electron chi connectivity index (χ3n) is 5.76. The summed E-state index contributed by atoms with van der Waals surface area (Å²) < 4.78 is 7.17. The van der Waals surface area contributed by atoms with Crippen LogP contribution in [-0.2, 0) is 17.7 Å². The van der Waals surface area contributed by atoms with Gasteiger partial charge in [-0.15, -0.1) is 11.3 Å². The van der Waals surface area contributed by atoms with Crippen molar-refractivity contribution in [3.8, 4) is 10.6 Å². The second kappa shape index (κ2) is 11.9. The molecule has 0 saturated heterocycles. The molecule has 1 aromatic carbocycles. The Morgan fingerprint density at radius 1 is 1.22 bits per heavy atom. The Labute approximate surface area is 224 Å². The van der Waals surface area contributed by atoms with Crippen LogP contribution in [0.25, 0.3) is 16.2 Å². The molecule has 194 valence electrons. The molecule has 1 amide bonds. The highest BCUT2D eigenvalue weighted by Crippen LogP contribution is 2.26. The lowest BCUT2D eigenvalue weighted by Crippen LogP contribution is -2.25. The van der Waals surface area contributed by atoms with Gasteiger partial charge >= 0.3 is 5.97 Å². The summed E-state index contributed by atoms with van der Waals surface area (Å²) in [6.45, 7) is 5.86. The topological polar surface area (TPSA) is 106 Å². The van der Waals surface area contributed by atoms with Crippen LogP contribution < -0.4 is 5.32 Å². The van der Waals surface area contributed by atoms with Gasteiger partial charge in [0.05, 0.1) is 30.1 Å². The fourth-order valence-electron chi connectivity index (χ4n) is 4.06. The van der Waals surface area contributed by atoms with E-state index in [-0.39, 0.29) is 30.7 Å². The predicted molar refractivity (Wildman–Crippen MR) is 144 cm³/mol. The van der Waals surface area contributed by atoms with E-state index in [1.54, 1.807) is 22.7 Å². The van der Waals surface area contributed by atoms with Gasteiger partial charge in [0.1, 0.15) is 11.1 Å². The molecular weight excluding hydrogens is 512 g/mol. The lowest BCUT2D eigenvalue weighted by molar-refractivity contribution is 0.00697. The standard InChI is InChI=1S/C27H29ClN4O4S/c1-4-22-23(27(35)36-20(14-33)11-16(2)3)32-10-6-9-21(24(32)31-22)25(34)29-13-19-15-37-26(30-19)17-7-5-8-18(28)12-17/h5-10,12,15-16,20,33H,4,11,13-14H2,1-3H3,(H,29,34). The Morgan fingerprint density at radius 3 is 2.73 bits per heavy atom. The molecule has 0 bridgehead atoms. The number of imidazole rings is 1. The number of aliphatic hydroxyl groups is 1. The molecule has 37 heavy (non-hydrogen) atoms. The van der Waals surface area contributed by atoms with E-state index >= 15 is 0 Å². The van der Waals surface area contributed by atoms with E-state index in [1.165, 1.54) is 11.3 Å². The van der Waals surface area contributed by atoms with E-state index < -0.39 is 12.1 Å². The van der Waals surface area contributed by atoms with Crippen molar-refractivity contribution in [2.45, 2.75) is 46.3 Å². The number of pyridine rings is 1. The highest BCUT2D eigenvalue weighted by molar-refractivity contribution is 7.13. The minimum Gasteiger partial charge on any atom is -0.455 e. The molecule has 1 unspecified atom stereocenters. The number of nitrogens with zero attached hydrogens (tertiary/aromatic N) is 3. The SMILES string of the molecule is CCc1nc2c(C(=O)NCc3csc(-c4cccc(Cl)c4)n3)cccn2c1C(=O)OC(CO)CC(C)C. The zero-order chi connectivity index (χ0) is 26.5. The first kappa shape index (κ1) is 26.8. The summed E-state index contributed by atoms with van der Waals surface area (Å²) in [6.07, 6.45) is 2.10. The number of benzene rings is 1. The summed E-state index contributed by atoms with van der Waals surface area (Å²) in [7, 11) is 0. The molecule has 0 radical (unpaired) electrons. The van der Waals surface area contributed by atoms with Gasteiger partial charge in [-0.3, -0.25) is 9.20 Å². The molecule has 0 fully saturated rings. The molecule has 3 aromatic heterocycles. The number of hydrogen-bond donors (Lipinski definition) is 2. The third-order valence-corrected chi connectivity index (χ3v) is 6.94. The third kappa shape index (κ3) is 6.18. The van der Waals surface area contributed by atoms with Gasteiger partial charge in [0, 0.05) is 22.2 Å². The average molecular weight is 541 g/mol. The number of aromatic nitrogens is 3. The zero-order valence-corrected chi connectivity index (χ0v) is 22.5. The maximum Gasteiger partial charge on any atom is 0.357 e. The summed E-state index contributed by atoms with van der Waals surface area (Å²) >= 11 is 7.56. The van der Waals surface area contributed by atoms with Gasteiger partial charge in [0.15, 0.2) is 11.3 Å². The van der Waals surface area contributed by atoms with Crippen LogP contribution in [0, 0.1) is 5.92 Å². The van der Waals surface area contributed by atoms with E-state index in [2.05, 4.69) is 15.3 Å². The molecule has 1 atom stereocenters. The number of carbonyl (C=O) groups excluding carboxylic acids is 2. The number of aryl methyl sites for hydroxylation is 1. The van der Waals surface area contributed by atoms with Gasteiger partial charge in [-0.05, 0) is 43.0 Å². The fraction of sp³-hybridized carbons (Fsp3) is 0.333. The molecule has 0 saturated carbocycles. The van der Waals surface area contributed by atoms with Crippen LogP contribution in [0.5, 0.6) is 0 Å². The fourth-order valence-corrected chi connectivity index (χ4v) is 5.06. The van der Waals surface area contributed by atoms with Crippen molar-refractivity contribution >= 4 is 40.5 Å². The Bertz CT molecular complexity index is 1410. The van der Waals surface area contributed by atoms with Gasteiger partial charge in [-0.25, -0.2) is 14.8 Å². The highest BCUT2D eigenvalue weighted by atomic mass is 35.5. The first-order chi connectivity index (χ1) is 17.8. The predicted octanol–water partition coefficient (Wildman–Crippen LogP) is 5.17. The number of nitrogens with one attached hydrogen (secondary N) is 1. The summed E-state index contributed by atoms with van der Waals surface area (Å²) in [5, 5.41) is 15.9. The van der Waals surface area contributed by atoms with Gasteiger partial charge in [0.25, 0.3) is 5.91 Å². The zero-order valence-electron chi connectivity index (χ0n) is 20.9. The summed E-state index contributed by atoms with van der Waals surface area (Å²) in [6, 6.07) is 10.8. The summed E-state index contributed by atoms with van der Waals surface area (Å²) in [5.41, 5.74) is 3.13. The molecule has 0 aliphatic rings.